The Morgan fingerprint density at radius 1 is 0.960 bits per heavy atom. The van der Waals surface area contributed by atoms with Crippen LogP contribution < -0.4 is 5.73 Å². The highest BCUT2D eigenvalue weighted by Gasteiger charge is 2.33. The average molecular weight is 338 g/mol. The van der Waals surface area contributed by atoms with Gasteiger partial charge in [0.25, 0.3) is 0 Å². The summed E-state index contributed by atoms with van der Waals surface area (Å²) in [7, 11) is 0. The van der Waals surface area contributed by atoms with Crippen LogP contribution >= 0.6 is 0 Å². The second-order valence-electron chi connectivity index (χ2n) is 7.12. The van der Waals surface area contributed by atoms with Gasteiger partial charge in [-0.15, -0.1) is 0 Å². The van der Waals surface area contributed by atoms with E-state index in [9.17, 15) is 9.90 Å². The van der Waals surface area contributed by atoms with Crippen LogP contribution in [0.3, 0.4) is 0 Å². The summed E-state index contributed by atoms with van der Waals surface area (Å²) in [6, 6.07) is 17.7. The highest BCUT2D eigenvalue weighted by Crippen LogP contribution is 2.31. The zero-order chi connectivity index (χ0) is 17.7. The number of hydrogen-bond donors (Lipinski definition) is 2. The zero-order valence-corrected chi connectivity index (χ0v) is 14.5. The lowest BCUT2D eigenvalue weighted by molar-refractivity contribution is 0.00453. The number of rotatable bonds is 7. The van der Waals surface area contributed by atoms with Crippen molar-refractivity contribution in [2.24, 2.45) is 5.73 Å². The summed E-state index contributed by atoms with van der Waals surface area (Å²) < 4.78 is 0. The number of carbonyl (C=O) groups excluding carboxylic acids is 1. The van der Waals surface area contributed by atoms with Gasteiger partial charge < -0.3 is 10.8 Å². The predicted molar refractivity (Wildman–Crippen MR) is 98.9 cm³/mol. The van der Waals surface area contributed by atoms with Gasteiger partial charge in [0.05, 0.1) is 5.60 Å². The Morgan fingerprint density at radius 3 is 2.08 bits per heavy atom. The number of benzene rings is 2. The van der Waals surface area contributed by atoms with Crippen LogP contribution in [0.4, 0.5) is 0 Å². The molecule has 1 amide bonds. The van der Waals surface area contributed by atoms with Gasteiger partial charge in [-0.05, 0) is 36.1 Å². The zero-order valence-electron chi connectivity index (χ0n) is 14.5. The lowest BCUT2D eigenvalue weighted by Gasteiger charge is -2.31. The van der Waals surface area contributed by atoms with Crippen molar-refractivity contribution in [1.82, 2.24) is 4.90 Å². The molecule has 2 aromatic carbocycles. The van der Waals surface area contributed by atoms with Crippen molar-refractivity contribution in [3.8, 4) is 0 Å². The summed E-state index contributed by atoms with van der Waals surface area (Å²) in [4.78, 5) is 13.5. The molecule has 1 aliphatic rings. The van der Waals surface area contributed by atoms with Crippen molar-refractivity contribution in [3.63, 3.8) is 0 Å². The van der Waals surface area contributed by atoms with Gasteiger partial charge in [-0.3, -0.25) is 9.69 Å². The van der Waals surface area contributed by atoms with Crippen molar-refractivity contribution < 1.29 is 9.90 Å². The van der Waals surface area contributed by atoms with Crippen LogP contribution in [0.2, 0.25) is 0 Å². The van der Waals surface area contributed by atoms with Crippen LogP contribution in [0.5, 0.6) is 0 Å². The molecule has 1 aliphatic carbocycles. The Bertz CT molecular complexity index is 692. The maximum absolute atomic E-state index is 11.2. The molecule has 2 aromatic rings. The molecule has 132 valence electrons. The van der Waals surface area contributed by atoms with Gasteiger partial charge in [-0.25, -0.2) is 0 Å². The van der Waals surface area contributed by atoms with Gasteiger partial charge in [0.1, 0.15) is 0 Å². The van der Waals surface area contributed by atoms with Crippen molar-refractivity contribution in [2.75, 3.05) is 6.54 Å². The van der Waals surface area contributed by atoms with Crippen molar-refractivity contribution in [1.29, 1.82) is 0 Å². The van der Waals surface area contributed by atoms with Crippen molar-refractivity contribution >= 4 is 5.91 Å². The second kappa shape index (κ2) is 7.81. The van der Waals surface area contributed by atoms with Crippen molar-refractivity contribution in [3.05, 3.63) is 71.3 Å². The third-order valence-electron chi connectivity index (χ3n) is 4.95. The molecule has 3 N–H and O–H groups in total. The molecule has 25 heavy (non-hydrogen) atoms. The van der Waals surface area contributed by atoms with E-state index in [1.165, 1.54) is 5.56 Å². The van der Waals surface area contributed by atoms with Crippen molar-refractivity contribution in [2.45, 2.75) is 44.4 Å². The Morgan fingerprint density at radius 2 is 1.52 bits per heavy atom. The third kappa shape index (κ3) is 4.91. The molecular weight excluding hydrogens is 312 g/mol. The fourth-order valence-electron chi connectivity index (χ4n) is 3.65. The van der Waals surface area contributed by atoms with Crippen LogP contribution in [-0.4, -0.2) is 28.1 Å². The molecule has 0 radical (unpaired) electrons. The van der Waals surface area contributed by atoms with Gasteiger partial charge in [0.2, 0.25) is 5.91 Å². The maximum atomic E-state index is 11.2. The first-order chi connectivity index (χ1) is 12.0. The normalized spacial score (nSPS) is 16.2. The van der Waals surface area contributed by atoms with E-state index in [0.717, 1.165) is 44.3 Å². The first kappa shape index (κ1) is 17.6. The fraction of sp³-hybridized carbons (Fsp3) is 0.381. The van der Waals surface area contributed by atoms with E-state index in [2.05, 4.69) is 17.0 Å². The Balaban J connectivity index is 1.74. The molecule has 4 heteroatoms. The van der Waals surface area contributed by atoms with E-state index in [1.54, 1.807) is 12.1 Å². The highest BCUT2D eigenvalue weighted by atomic mass is 16.3. The minimum Gasteiger partial charge on any atom is -0.389 e. The van der Waals surface area contributed by atoms with Crippen LogP contribution in [0.1, 0.15) is 47.2 Å². The summed E-state index contributed by atoms with van der Waals surface area (Å²) in [6.07, 6.45) is 3.95. The molecule has 4 nitrogen and oxygen atoms in total. The summed E-state index contributed by atoms with van der Waals surface area (Å²) in [5, 5.41) is 10.8. The third-order valence-corrected chi connectivity index (χ3v) is 4.95. The smallest absolute Gasteiger partial charge is 0.248 e. The minimum absolute atomic E-state index is 0.409. The van der Waals surface area contributed by atoms with E-state index in [0.29, 0.717) is 12.1 Å². The summed E-state index contributed by atoms with van der Waals surface area (Å²) in [6.45, 7) is 2.19. The van der Waals surface area contributed by atoms with Crippen LogP contribution in [0, 0.1) is 0 Å². The quantitative estimate of drug-likeness (QED) is 0.815. The Kier molecular flexibility index (Phi) is 5.51. The molecule has 1 fully saturated rings. The van der Waals surface area contributed by atoms with Gasteiger partial charge in [-0.2, -0.15) is 0 Å². The number of carbonyl (C=O) groups is 1. The molecule has 1 saturated carbocycles. The van der Waals surface area contributed by atoms with E-state index in [1.807, 2.05) is 30.3 Å². The van der Waals surface area contributed by atoms with Crippen LogP contribution in [0.15, 0.2) is 54.6 Å². The van der Waals surface area contributed by atoms with E-state index in [4.69, 9.17) is 5.73 Å². The number of aliphatic hydroxyl groups is 1. The molecule has 0 aromatic heterocycles. The minimum atomic E-state index is -0.581. The second-order valence-corrected chi connectivity index (χ2v) is 7.12. The maximum Gasteiger partial charge on any atom is 0.248 e. The predicted octanol–water partition coefficient (Wildman–Crippen LogP) is 3.09. The first-order valence-electron chi connectivity index (χ1n) is 8.91. The molecule has 0 unspecified atom stereocenters. The topological polar surface area (TPSA) is 66.6 Å². The molecule has 0 saturated heterocycles. The summed E-state index contributed by atoms with van der Waals surface area (Å²) in [5.74, 6) is -0.409. The summed E-state index contributed by atoms with van der Waals surface area (Å²) in [5.41, 5.74) is 7.60. The Labute approximate surface area is 149 Å². The number of hydrogen-bond acceptors (Lipinski definition) is 3. The molecule has 0 atom stereocenters. The van der Waals surface area contributed by atoms with E-state index >= 15 is 0 Å². The first-order valence-corrected chi connectivity index (χ1v) is 8.91. The molecule has 0 spiro atoms. The lowest BCUT2D eigenvalue weighted by Crippen LogP contribution is -2.40. The largest absolute Gasteiger partial charge is 0.389 e. The van der Waals surface area contributed by atoms with E-state index < -0.39 is 11.5 Å². The van der Waals surface area contributed by atoms with Crippen LogP contribution in [0.25, 0.3) is 0 Å². The molecule has 0 aliphatic heterocycles. The molecule has 0 bridgehead atoms. The van der Waals surface area contributed by atoms with Gasteiger partial charge in [-0.1, -0.05) is 55.3 Å². The fourth-order valence-corrected chi connectivity index (χ4v) is 3.65. The highest BCUT2D eigenvalue weighted by molar-refractivity contribution is 5.92. The standard InChI is InChI=1S/C21H26N2O2/c22-20(24)19-10-8-18(9-11-19)15-23(14-17-6-2-1-3-7-17)16-21(25)12-4-5-13-21/h1-3,6-11,25H,4-5,12-16H2,(H2,22,24). The van der Waals surface area contributed by atoms with Gasteiger partial charge >= 0.3 is 0 Å². The van der Waals surface area contributed by atoms with Gasteiger partial charge in [0, 0.05) is 25.2 Å². The molecule has 3 rings (SSSR count). The van der Waals surface area contributed by atoms with E-state index in [-0.39, 0.29) is 0 Å². The summed E-state index contributed by atoms with van der Waals surface area (Å²) >= 11 is 0. The number of nitrogens with two attached hydrogens (primary N) is 1. The van der Waals surface area contributed by atoms with Gasteiger partial charge in [0.15, 0.2) is 0 Å². The van der Waals surface area contributed by atoms with Crippen LogP contribution in [-0.2, 0) is 13.1 Å². The Hall–Kier alpha value is -2.17. The number of amides is 1. The number of nitrogens with zero attached hydrogens (tertiary/aromatic N) is 1. The SMILES string of the molecule is NC(=O)c1ccc(CN(Cc2ccccc2)CC2(O)CCCC2)cc1. The average Bonchev–Trinajstić information content (AvgIpc) is 3.02. The monoisotopic (exact) mass is 338 g/mol. The number of primary amides is 1. The molecular formula is C21H26N2O2. The molecule has 0 heterocycles. The lowest BCUT2D eigenvalue weighted by atomic mass is 10.0.